The molecular formula is C24H24ClNO7S. The molecule has 0 amide bonds. The van der Waals surface area contributed by atoms with Crippen LogP contribution in [0.4, 0.5) is 5.69 Å². The third-order valence-corrected chi connectivity index (χ3v) is 6.50. The Morgan fingerprint density at radius 2 is 1.41 bits per heavy atom. The van der Waals surface area contributed by atoms with Gasteiger partial charge in [-0.2, -0.15) is 0 Å². The van der Waals surface area contributed by atoms with Gasteiger partial charge in [0.05, 0.1) is 39.0 Å². The highest BCUT2D eigenvalue weighted by atomic mass is 35.5. The maximum absolute atomic E-state index is 12.9. The Labute approximate surface area is 203 Å². The second-order valence-electron chi connectivity index (χ2n) is 6.96. The molecule has 0 aliphatic rings. The monoisotopic (exact) mass is 505 g/mol. The molecule has 0 saturated heterocycles. The fourth-order valence-corrected chi connectivity index (χ4v) is 4.38. The molecule has 2 N–H and O–H groups in total. The Hall–Kier alpha value is -3.56. The lowest BCUT2D eigenvalue weighted by Crippen LogP contribution is -2.13. The van der Waals surface area contributed by atoms with Crippen LogP contribution in [0.25, 0.3) is 12.2 Å². The normalized spacial score (nSPS) is 11.3. The van der Waals surface area contributed by atoms with Gasteiger partial charge >= 0.3 is 0 Å². The van der Waals surface area contributed by atoms with Crippen molar-refractivity contribution in [3.8, 4) is 28.7 Å². The maximum Gasteiger partial charge on any atom is 0.261 e. The molecule has 0 aromatic heterocycles. The van der Waals surface area contributed by atoms with Crippen molar-refractivity contribution in [2.75, 3.05) is 33.2 Å². The lowest BCUT2D eigenvalue weighted by atomic mass is 10.1. The molecule has 0 atom stereocenters. The minimum absolute atomic E-state index is 0.0310. The van der Waals surface area contributed by atoms with Crippen LogP contribution in [0.15, 0.2) is 53.4 Å². The van der Waals surface area contributed by atoms with E-state index in [2.05, 4.69) is 4.72 Å². The van der Waals surface area contributed by atoms with Gasteiger partial charge in [0, 0.05) is 16.7 Å². The Bertz CT molecular complexity index is 1280. The summed E-state index contributed by atoms with van der Waals surface area (Å²) in [5, 5.41) is 10.7. The van der Waals surface area contributed by atoms with Gasteiger partial charge in [0.1, 0.15) is 0 Å². The molecule has 0 unspecified atom stereocenters. The van der Waals surface area contributed by atoms with Crippen LogP contribution < -0.4 is 23.7 Å². The average molecular weight is 506 g/mol. The number of phenolic OH excluding ortho intramolecular Hbond substituents is 1. The van der Waals surface area contributed by atoms with Crippen molar-refractivity contribution in [1.29, 1.82) is 0 Å². The van der Waals surface area contributed by atoms with Gasteiger partial charge in [-0.3, -0.25) is 4.72 Å². The molecule has 0 spiro atoms. The number of sulfonamides is 1. The smallest absolute Gasteiger partial charge is 0.261 e. The van der Waals surface area contributed by atoms with Crippen molar-refractivity contribution >= 4 is 39.5 Å². The highest BCUT2D eigenvalue weighted by Gasteiger charge is 2.18. The fourth-order valence-electron chi connectivity index (χ4n) is 3.18. The summed E-state index contributed by atoms with van der Waals surface area (Å²) in [5.41, 5.74) is 1.29. The van der Waals surface area contributed by atoms with Gasteiger partial charge in [0.2, 0.25) is 5.75 Å². The average Bonchev–Trinajstić information content (AvgIpc) is 2.83. The van der Waals surface area contributed by atoms with Crippen LogP contribution in [-0.2, 0) is 10.0 Å². The number of benzene rings is 3. The van der Waals surface area contributed by atoms with Gasteiger partial charge in [-0.25, -0.2) is 8.42 Å². The lowest BCUT2D eigenvalue weighted by Gasteiger charge is -2.14. The van der Waals surface area contributed by atoms with E-state index in [1.54, 1.807) is 24.3 Å². The van der Waals surface area contributed by atoms with Crippen LogP contribution in [-0.4, -0.2) is 42.0 Å². The van der Waals surface area contributed by atoms with Gasteiger partial charge < -0.3 is 24.1 Å². The highest BCUT2D eigenvalue weighted by Crippen LogP contribution is 2.39. The number of hydrogen-bond donors (Lipinski definition) is 2. The largest absolute Gasteiger partial charge is 0.504 e. The molecule has 8 nitrogen and oxygen atoms in total. The van der Waals surface area contributed by atoms with Crippen molar-refractivity contribution in [2.24, 2.45) is 0 Å². The SMILES string of the molecule is COc1cc(NS(=O)(=O)c2ccc(Cl)cc2)c(C=Cc2cc(OC)c(OC)c(OC)c2)cc1O. The summed E-state index contributed by atoms with van der Waals surface area (Å²) in [6.45, 7) is 0. The molecule has 0 aliphatic carbocycles. The quantitative estimate of drug-likeness (QED) is 0.310. The van der Waals surface area contributed by atoms with Gasteiger partial charge in [-0.15, -0.1) is 0 Å². The molecule has 3 aromatic rings. The van der Waals surface area contributed by atoms with E-state index in [1.807, 2.05) is 0 Å². The molecule has 0 radical (unpaired) electrons. The van der Waals surface area contributed by atoms with E-state index < -0.39 is 10.0 Å². The number of rotatable bonds is 9. The molecule has 0 heterocycles. The number of nitrogens with one attached hydrogen (secondary N) is 1. The van der Waals surface area contributed by atoms with Crippen LogP contribution in [0, 0.1) is 0 Å². The van der Waals surface area contributed by atoms with Crippen molar-refractivity contribution in [1.82, 2.24) is 0 Å². The zero-order chi connectivity index (χ0) is 24.9. The van der Waals surface area contributed by atoms with E-state index in [0.717, 1.165) is 0 Å². The zero-order valence-electron chi connectivity index (χ0n) is 19.0. The lowest BCUT2D eigenvalue weighted by molar-refractivity contribution is 0.324. The molecule has 180 valence electrons. The minimum atomic E-state index is -3.94. The number of anilines is 1. The van der Waals surface area contributed by atoms with E-state index in [-0.39, 0.29) is 22.1 Å². The summed E-state index contributed by atoms with van der Waals surface area (Å²) >= 11 is 5.87. The third-order valence-electron chi connectivity index (χ3n) is 4.86. The fraction of sp³-hybridized carbons (Fsp3) is 0.167. The van der Waals surface area contributed by atoms with E-state index >= 15 is 0 Å². The summed E-state index contributed by atoms with van der Waals surface area (Å²) in [7, 11) is 1.96. The van der Waals surface area contributed by atoms with Crippen molar-refractivity contribution in [3.63, 3.8) is 0 Å². The van der Waals surface area contributed by atoms with Crippen LogP contribution >= 0.6 is 11.6 Å². The van der Waals surface area contributed by atoms with Crippen LogP contribution in [0.5, 0.6) is 28.7 Å². The summed E-state index contributed by atoms with van der Waals surface area (Å²) in [6, 6.07) is 12.0. The number of phenols is 1. The standard InChI is InChI=1S/C24H24ClNO7S/c1-30-21-14-19(26-34(28,29)18-9-7-17(25)8-10-18)16(13-20(21)27)6-5-15-11-22(31-2)24(33-4)23(12-15)32-3/h5-14,26-27H,1-4H3. The Kier molecular flexibility index (Phi) is 7.80. The summed E-state index contributed by atoms with van der Waals surface area (Å²) in [5.74, 6) is 1.33. The number of halogens is 1. The predicted octanol–water partition coefficient (Wildman–Crippen LogP) is 5.05. The van der Waals surface area contributed by atoms with E-state index in [9.17, 15) is 13.5 Å². The van der Waals surface area contributed by atoms with E-state index in [1.165, 1.54) is 64.8 Å². The molecule has 0 aliphatic heterocycles. The van der Waals surface area contributed by atoms with Gasteiger partial charge in [0.15, 0.2) is 23.0 Å². The number of aromatic hydroxyl groups is 1. The molecule has 34 heavy (non-hydrogen) atoms. The van der Waals surface area contributed by atoms with Gasteiger partial charge in [-0.05, 0) is 48.0 Å². The van der Waals surface area contributed by atoms with Gasteiger partial charge in [-0.1, -0.05) is 23.8 Å². The van der Waals surface area contributed by atoms with Crippen molar-refractivity contribution in [2.45, 2.75) is 4.90 Å². The number of hydrogen-bond acceptors (Lipinski definition) is 7. The molecule has 10 heteroatoms. The van der Waals surface area contributed by atoms with E-state index in [0.29, 0.717) is 33.4 Å². The summed E-state index contributed by atoms with van der Waals surface area (Å²) in [4.78, 5) is 0.0310. The van der Waals surface area contributed by atoms with Crippen molar-refractivity contribution < 1.29 is 32.5 Å². The first-order valence-electron chi connectivity index (χ1n) is 9.90. The first-order valence-corrected chi connectivity index (χ1v) is 11.8. The molecule has 0 fully saturated rings. The Morgan fingerprint density at radius 3 is 1.94 bits per heavy atom. The van der Waals surface area contributed by atoms with Crippen LogP contribution in [0.2, 0.25) is 5.02 Å². The molecule has 0 saturated carbocycles. The summed E-state index contributed by atoms with van der Waals surface area (Å²) in [6.07, 6.45) is 3.35. The van der Waals surface area contributed by atoms with Crippen LogP contribution in [0.3, 0.4) is 0 Å². The van der Waals surface area contributed by atoms with Crippen molar-refractivity contribution in [3.05, 3.63) is 64.7 Å². The molecule has 3 aromatic carbocycles. The second kappa shape index (κ2) is 10.6. The first-order chi connectivity index (χ1) is 16.2. The van der Waals surface area contributed by atoms with E-state index in [4.69, 9.17) is 30.5 Å². The number of ether oxygens (including phenoxy) is 4. The predicted molar refractivity (Wildman–Crippen MR) is 132 cm³/mol. The topological polar surface area (TPSA) is 103 Å². The maximum atomic E-state index is 12.9. The molecule has 0 bridgehead atoms. The molecular weight excluding hydrogens is 482 g/mol. The van der Waals surface area contributed by atoms with Gasteiger partial charge in [0.25, 0.3) is 10.0 Å². The summed E-state index contributed by atoms with van der Waals surface area (Å²) < 4.78 is 49.6. The highest BCUT2D eigenvalue weighted by molar-refractivity contribution is 7.92. The number of methoxy groups -OCH3 is 4. The third kappa shape index (κ3) is 5.49. The zero-order valence-corrected chi connectivity index (χ0v) is 20.5. The Balaban J connectivity index is 2.04. The first kappa shape index (κ1) is 25.1. The molecule has 3 rings (SSSR count). The minimum Gasteiger partial charge on any atom is -0.504 e. The van der Waals surface area contributed by atoms with Crippen LogP contribution in [0.1, 0.15) is 11.1 Å². The second-order valence-corrected chi connectivity index (χ2v) is 9.08. The Morgan fingerprint density at radius 1 is 0.824 bits per heavy atom.